The van der Waals surface area contributed by atoms with Gasteiger partial charge in [0, 0.05) is 52.5 Å². The van der Waals surface area contributed by atoms with E-state index in [0.29, 0.717) is 6.54 Å². The average Bonchev–Trinajstić information content (AvgIpc) is 3.35. The smallest absolute Gasteiger partial charge is 0.230 e. The third kappa shape index (κ3) is 4.49. The SMILES string of the molecule is CN=C(NCCCn1ccc2ccccc21)NCC1(C(=O)N(C)C)CCCC1. The molecule has 1 saturated carbocycles. The summed E-state index contributed by atoms with van der Waals surface area (Å²) in [6, 6.07) is 10.6. The summed E-state index contributed by atoms with van der Waals surface area (Å²) in [5, 5.41) is 8.06. The van der Waals surface area contributed by atoms with Crippen molar-refractivity contribution in [3.8, 4) is 0 Å². The Morgan fingerprint density at radius 1 is 1.18 bits per heavy atom. The highest BCUT2D eigenvalue weighted by molar-refractivity contribution is 5.85. The molecule has 1 heterocycles. The molecule has 3 rings (SSSR count). The molecule has 1 aliphatic carbocycles. The minimum absolute atomic E-state index is 0.229. The lowest BCUT2D eigenvalue weighted by Gasteiger charge is -2.31. The number of carbonyl (C=O) groups excluding carboxylic acids is 1. The second-order valence-corrected chi connectivity index (χ2v) is 7.96. The first kappa shape index (κ1) is 20.2. The van der Waals surface area contributed by atoms with Crippen LogP contribution >= 0.6 is 0 Å². The largest absolute Gasteiger partial charge is 0.356 e. The van der Waals surface area contributed by atoms with Crippen molar-refractivity contribution in [2.45, 2.75) is 38.6 Å². The average molecular weight is 384 g/mol. The van der Waals surface area contributed by atoms with Gasteiger partial charge in [0.05, 0.1) is 5.41 Å². The summed E-state index contributed by atoms with van der Waals surface area (Å²) in [4.78, 5) is 18.7. The molecule has 1 aromatic heterocycles. The summed E-state index contributed by atoms with van der Waals surface area (Å²) < 4.78 is 2.29. The predicted octanol–water partition coefficient (Wildman–Crippen LogP) is 2.85. The van der Waals surface area contributed by atoms with Gasteiger partial charge in [-0.05, 0) is 36.8 Å². The van der Waals surface area contributed by atoms with Gasteiger partial charge in [-0.2, -0.15) is 0 Å². The number of hydrogen-bond donors (Lipinski definition) is 2. The number of fused-ring (bicyclic) bond motifs is 1. The molecule has 2 N–H and O–H groups in total. The van der Waals surface area contributed by atoms with E-state index in [4.69, 9.17) is 0 Å². The predicted molar refractivity (Wildman–Crippen MR) is 116 cm³/mol. The van der Waals surface area contributed by atoms with Crippen LogP contribution in [0.3, 0.4) is 0 Å². The van der Waals surface area contributed by atoms with Gasteiger partial charge in [-0.1, -0.05) is 31.0 Å². The van der Waals surface area contributed by atoms with E-state index in [0.717, 1.165) is 51.2 Å². The Balaban J connectivity index is 1.47. The van der Waals surface area contributed by atoms with Crippen LogP contribution in [0.2, 0.25) is 0 Å². The van der Waals surface area contributed by atoms with Gasteiger partial charge in [0.25, 0.3) is 0 Å². The Bertz CT molecular complexity index is 817. The van der Waals surface area contributed by atoms with Crippen LogP contribution in [0.25, 0.3) is 10.9 Å². The summed E-state index contributed by atoms with van der Waals surface area (Å²) in [5.41, 5.74) is 0.987. The fourth-order valence-electron chi connectivity index (χ4n) is 4.26. The second kappa shape index (κ2) is 9.13. The van der Waals surface area contributed by atoms with E-state index in [1.165, 1.54) is 10.9 Å². The molecular formula is C22H33N5O. The summed E-state index contributed by atoms with van der Waals surface area (Å²) >= 11 is 0. The monoisotopic (exact) mass is 383 g/mol. The van der Waals surface area contributed by atoms with Crippen LogP contribution in [0.4, 0.5) is 0 Å². The number of benzene rings is 1. The molecule has 0 aliphatic heterocycles. The van der Waals surface area contributed by atoms with Gasteiger partial charge >= 0.3 is 0 Å². The lowest BCUT2D eigenvalue weighted by molar-refractivity contribution is -0.138. The van der Waals surface area contributed by atoms with E-state index in [9.17, 15) is 4.79 Å². The fraction of sp³-hybridized carbons (Fsp3) is 0.545. The summed E-state index contributed by atoms with van der Waals surface area (Å²) in [6.45, 7) is 2.44. The maximum absolute atomic E-state index is 12.7. The van der Waals surface area contributed by atoms with Crippen molar-refractivity contribution >= 4 is 22.8 Å². The minimum atomic E-state index is -0.287. The maximum atomic E-state index is 12.7. The molecule has 6 heteroatoms. The number of aryl methyl sites for hydroxylation is 1. The molecular weight excluding hydrogens is 350 g/mol. The number of hydrogen-bond acceptors (Lipinski definition) is 2. The molecule has 28 heavy (non-hydrogen) atoms. The number of guanidine groups is 1. The van der Waals surface area contributed by atoms with Crippen LogP contribution in [-0.4, -0.2) is 55.6 Å². The molecule has 1 aromatic carbocycles. The van der Waals surface area contributed by atoms with Crippen LogP contribution in [0.15, 0.2) is 41.5 Å². The Morgan fingerprint density at radius 2 is 1.93 bits per heavy atom. The van der Waals surface area contributed by atoms with E-state index in [2.05, 4.69) is 56.7 Å². The highest BCUT2D eigenvalue weighted by Crippen LogP contribution is 2.38. The summed E-state index contributed by atoms with van der Waals surface area (Å²) in [5.74, 6) is 1.00. The highest BCUT2D eigenvalue weighted by atomic mass is 16.2. The Morgan fingerprint density at radius 3 is 2.64 bits per heavy atom. The fourth-order valence-corrected chi connectivity index (χ4v) is 4.26. The molecule has 1 fully saturated rings. The standard InChI is InChI=1S/C22H33N5O/c1-23-21(25-17-22(12-6-7-13-22)20(28)26(2)3)24-14-8-15-27-16-11-18-9-4-5-10-19(18)27/h4-5,9-11,16H,6-8,12-15,17H2,1-3H3,(H2,23,24,25). The van der Waals surface area contributed by atoms with Gasteiger partial charge in [-0.3, -0.25) is 9.79 Å². The van der Waals surface area contributed by atoms with Gasteiger partial charge in [0.15, 0.2) is 5.96 Å². The number of carbonyl (C=O) groups is 1. The lowest BCUT2D eigenvalue weighted by Crippen LogP contribution is -2.49. The van der Waals surface area contributed by atoms with Crippen molar-refractivity contribution < 1.29 is 4.79 Å². The van der Waals surface area contributed by atoms with Crippen LogP contribution in [0.1, 0.15) is 32.1 Å². The number of amides is 1. The van der Waals surface area contributed by atoms with Crippen molar-refractivity contribution in [3.63, 3.8) is 0 Å². The van der Waals surface area contributed by atoms with Crippen LogP contribution < -0.4 is 10.6 Å². The lowest BCUT2D eigenvalue weighted by atomic mass is 9.84. The topological polar surface area (TPSA) is 61.7 Å². The first-order valence-electron chi connectivity index (χ1n) is 10.3. The van der Waals surface area contributed by atoms with E-state index in [1.54, 1.807) is 11.9 Å². The van der Waals surface area contributed by atoms with E-state index in [-0.39, 0.29) is 11.3 Å². The molecule has 0 unspecified atom stereocenters. The van der Waals surface area contributed by atoms with Crippen molar-refractivity contribution in [1.82, 2.24) is 20.1 Å². The van der Waals surface area contributed by atoms with Gasteiger partial charge in [-0.25, -0.2) is 0 Å². The molecule has 6 nitrogen and oxygen atoms in total. The van der Waals surface area contributed by atoms with Crippen LogP contribution in [-0.2, 0) is 11.3 Å². The maximum Gasteiger partial charge on any atom is 0.230 e. The van der Waals surface area contributed by atoms with Crippen molar-refractivity contribution in [3.05, 3.63) is 36.5 Å². The zero-order chi connectivity index (χ0) is 20.0. The quantitative estimate of drug-likeness (QED) is 0.439. The van der Waals surface area contributed by atoms with Crippen molar-refractivity contribution in [1.29, 1.82) is 0 Å². The normalized spacial score (nSPS) is 16.3. The first-order chi connectivity index (χ1) is 13.6. The molecule has 0 saturated heterocycles. The van der Waals surface area contributed by atoms with Crippen molar-refractivity contribution in [2.75, 3.05) is 34.2 Å². The van der Waals surface area contributed by atoms with Gasteiger partial charge in [-0.15, -0.1) is 0 Å². The van der Waals surface area contributed by atoms with E-state index in [1.807, 2.05) is 14.1 Å². The van der Waals surface area contributed by atoms with Gasteiger partial charge in [0.2, 0.25) is 5.91 Å². The summed E-state index contributed by atoms with van der Waals surface area (Å²) in [7, 11) is 5.48. The zero-order valence-corrected chi connectivity index (χ0v) is 17.4. The molecule has 0 spiro atoms. The van der Waals surface area contributed by atoms with Crippen LogP contribution in [0.5, 0.6) is 0 Å². The van der Waals surface area contributed by atoms with Crippen molar-refractivity contribution in [2.24, 2.45) is 10.4 Å². The Hall–Kier alpha value is -2.50. The molecule has 0 atom stereocenters. The van der Waals surface area contributed by atoms with Crippen LogP contribution in [0, 0.1) is 5.41 Å². The first-order valence-corrected chi connectivity index (χ1v) is 10.3. The number of nitrogens with zero attached hydrogens (tertiary/aromatic N) is 3. The molecule has 0 bridgehead atoms. The molecule has 152 valence electrons. The molecule has 2 aromatic rings. The molecule has 1 aliphatic rings. The van der Waals surface area contributed by atoms with E-state index >= 15 is 0 Å². The minimum Gasteiger partial charge on any atom is -0.356 e. The Labute approximate surface area is 168 Å². The number of aliphatic imine (C=N–C) groups is 1. The van der Waals surface area contributed by atoms with Gasteiger partial charge < -0.3 is 20.1 Å². The number of para-hydroxylation sites is 1. The summed E-state index contributed by atoms with van der Waals surface area (Å²) in [6.07, 6.45) is 7.30. The van der Waals surface area contributed by atoms with E-state index < -0.39 is 0 Å². The molecule has 0 radical (unpaired) electrons. The molecule has 1 amide bonds. The highest BCUT2D eigenvalue weighted by Gasteiger charge is 2.42. The second-order valence-electron chi connectivity index (χ2n) is 7.96. The number of rotatable bonds is 7. The Kier molecular flexibility index (Phi) is 6.60. The number of aromatic nitrogens is 1. The third-order valence-corrected chi connectivity index (χ3v) is 5.79. The number of nitrogens with one attached hydrogen (secondary N) is 2. The third-order valence-electron chi connectivity index (χ3n) is 5.79. The zero-order valence-electron chi connectivity index (χ0n) is 17.4. The van der Waals surface area contributed by atoms with Gasteiger partial charge in [0.1, 0.15) is 0 Å².